The van der Waals surface area contributed by atoms with Gasteiger partial charge in [-0.05, 0) is 24.1 Å². The molecule has 0 aliphatic rings. The van der Waals surface area contributed by atoms with Crippen LogP contribution in [0.25, 0.3) is 0 Å². The molecule has 0 saturated heterocycles. The smallest absolute Gasteiger partial charge is 0.338 e. The third-order valence-corrected chi connectivity index (χ3v) is 2.74. The Morgan fingerprint density at radius 2 is 2.15 bits per heavy atom. The highest BCUT2D eigenvalue weighted by Gasteiger charge is 2.07. The van der Waals surface area contributed by atoms with Gasteiger partial charge in [0, 0.05) is 13.1 Å². The van der Waals surface area contributed by atoms with Gasteiger partial charge in [-0.1, -0.05) is 25.5 Å². The minimum absolute atomic E-state index is 0.0821. The number of esters is 1. The van der Waals surface area contributed by atoms with E-state index in [-0.39, 0.29) is 12.4 Å². The van der Waals surface area contributed by atoms with Crippen molar-refractivity contribution in [3.63, 3.8) is 0 Å². The van der Waals surface area contributed by atoms with Gasteiger partial charge in [0.25, 0.3) is 0 Å². The van der Waals surface area contributed by atoms with Gasteiger partial charge in [0.05, 0.1) is 18.6 Å². The Bertz CT molecular complexity index is 445. The molecule has 0 radical (unpaired) electrons. The SMILES string of the molecule is CCCCOC(=O)c1cccc(CNCCC(=O)O)c1. The summed E-state index contributed by atoms with van der Waals surface area (Å²) < 4.78 is 5.14. The Morgan fingerprint density at radius 1 is 1.35 bits per heavy atom. The molecule has 1 aromatic rings. The summed E-state index contributed by atoms with van der Waals surface area (Å²) in [5.74, 6) is -1.14. The fraction of sp³-hybridized carbons (Fsp3) is 0.467. The van der Waals surface area contributed by atoms with E-state index in [1.54, 1.807) is 18.2 Å². The first-order chi connectivity index (χ1) is 9.63. The Balaban J connectivity index is 2.44. The molecular formula is C15H21NO4. The Labute approximate surface area is 118 Å². The normalized spacial score (nSPS) is 10.2. The Hall–Kier alpha value is -1.88. The molecule has 0 aliphatic heterocycles. The molecule has 0 saturated carbocycles. The van der Waals surface area contributed by atoms with Crippen LogP contribution in [0.4, 0.5) is 0 Å². The molecule has 0 atom stereocenters. The van der Waals surface area contributed by atoms with Crippen molar-refractivity contribution in [2.75, 3.05) is 13.2 Å². The van der Waals surface area contributed by atoms with Gasteiger partial charge in [-0.25, -0.2) is 4.79 Å². The van der Waals surface area contributed by atoms with Crippen molar-refractivity contribution in [3.8, 4) is 0 Å². The molecule has 5 nitrogen and oxygen atoms in total. The lowest BCUT2D eigenvalue weighted by atomic mass is 10.1. The van der Waals surface area contributed by atoms with Crippen LogP contribution in [0.2, 0.25) is 0 Å². The number of hydrogen-bond acceptors (Lipinski definition) is 4. The number of nitrogens with one attached hydrogen (secondary N) is 1. The largest absolute Gasteiger partial charge is 0.481 e. The lowest BCUT2D eigenvalue weighted by molar-refractivity contribution is -0.136. The van der Waals surface area contributed by atoms with E-state index >= 15 is 0 Å². The number of ether oxygens (including phenoxy) is 1. The minimum Gasteiger partial charge on any atom is -0.481 e. The maximum Gasteiger partial charge on any atom is 0.338 e. The summed E-state index contributed by atoms with van der Waals surface area (Å²) >= 11 is 0. The second-order valence-corrected chi connectivity index (χ2v) is 4.51. The summed E-state index contributed by atoms with van der Waals surface area (Å²) in [6.45, 7) is 3.41. The standard InChI is InChI=1S/C15H21NO4/c1-2-3-9-20-15(19)13-6-4-5-12(10-13)11-16-8-7-14(17)18/h4-6,10,16H,2-3,7-9,11H2,1H3,(H,17,18). The van der Waals surface area contributed by atoms with Gasteiger partial charge in [-0.3, -0.25) is 4.79 Å². The molecule has 0 fully saturated rings. The highest BCUT2D eigenvalue weighted by atomic mass is 16.5. The highest BCUT2D eigenvalue weighted by Crippen LogP contribution is 2.07. The van der Waals surface area contributed by atoms with E-state index < -0.39 is 5.97 Å². The summed E-state index contributed by atoms with van der Waals surface area (Å²) in [6, 6.07) is 7.16. The first-order valence-corrected chi connectivity index (χ1v) is 6.82. The van der Waals surface area contributed by atoms with E-state index in [9.17, 15) is 9.59 Å². The van der Waals surface area contributed by atoms with Crippen LogP contribution in [0.1, 0.15) is 42.1 Å². The monoisotopic (exact) mass is 279 g/mol. The van der Waals surface area contributed by atoms with E-state index in [0.717, 1.165) is 18.4 Å². The van der Waals surface area contributed by atoms with Gasteiger partial charge < -0.3 is 15.2 Å². The average Bonchev–Trinajstić information content (AvgIpc) is 2.44. The number of unbranched alkanes of at least 4 members (excludes halogenated alkanes) is 1. The Morgan fingerprint density at radius 3 is 2.85 bits per heavy atom. The maximum atomic E-state index is 11.8. The summed E-state index contributed by atoms with van der Waals surface area (Å²) in [6.07, 6.45) is 1.93. The molecule has 5 heteroatoms. The molecular weight excluding hydrogens is 258 g/mol. The molecule has 0 aromatic heterocycles. The molecule has 2 N–H and O–H groups in total. The zero-order chi connectivity index (χ0) is 14.8. The molecule has 0 aliphatic carbocycles. The van der Waals surface area contributed by atoms with Gasteiger partial charge in [0.15, 0.2) is 0 Å². The van der Waals surface area contributed by atoms with Crippen LogP contribution < -0.4 is 5.32 Å². The lowest BCUT2D eigenvalue weighted by Gasteiger charge is -2.07. The number of rotatable bonds is 9. The quantitative estimate of drug-likeness (QED) is 0.535. The first kappa shape index (κ1) is 16.2. The fourth-order valence-electron chi connectivity index (χ4n) is 1.63. The number of aliphatic carboxylic acids is 1. The number of carboxylic acid groups (broad SMARTS) is 1. The van der Waals surface area contributed by atoms with Crippen molar-refractivity contribution >= 4 is 11.9 Å². The van der Waals surface area contributed by atoms with Crippen LogP contribution in [-0.2, 0) is 16.1 Å². The molecule has 0 spiro atoms. The predicted molar refractivity (Wildman–Crippen MR) is 75.6 cm³/mol. The van der Waals surface area contributed by atoms with Gasteiger partial charge in [0.2, 0.25) is 0 Å². The molecule has 0 unspecified atom stereocenters. The molecule has 0 amide bonds. The molecule has 20 heavy (non-hydrogen) atoms. The first-order valence-electron chi connectivity index (χ1n) is 6.82. The molecule has 0 bridgehead atoms. The van der Waals surface area contributed by atoms with Crippen molar-refractivity contribution in [1.29, 1.82) is 0 Å². The number of carbonyl (C=O) groups is 2. The van der Waals surface area contributed by atoms with Crippen LogP contribution >= 0.6 is 0 Å². The third kappa shape index (κ3) is 6.33. The zero-order valence-electron chi connectivity index (χ0n) is 11.7. The van der Waals surface area contributed by atoms with Crippen LogP contribution in [0.5, 0.6) is 0 Å². The molecule has 0 heterocycles. The predicted octanol–water partition coefficient (Wildman–Crippen LogP) is 2.21. The minimum atomic E-state index is -0.828. The van der Waals surface area contributed by atoms with Crippen molar-refractivity contribution in [3.05, 3.63) is 35.4 Å². The van der Waals surface area contributed by atoms with Crippen LogP contribution in [-0.4, -0.2) is 30.2 Å². The van der Waals surface area contributed by atoms with Crippen molar-refractivity contribution < 1.29 is 19.4 Å². The average molecular weight is 279 g/mol. The summed E-state index contributed by atoms with van der Waals surface area (Å²) in [7, 11) is 0. The van der Waals surface area contributed by atoms with Crippen LogP contribution in [0.15, 0.2) is 24.3 Å². The number of hydrogen-bond donors (Lipinski definition) is 2. The van der Waals surface area contributed by atoms with Gasteiger partial charge >= 0.3 is 11.9 Å². The number of carboxylic acids is 1. The number of benzene rings is 1. The van der Waals surface area contributed by atoms with Crippen molar-refractivity contribution in [2.45, 2.75) is 32.7 Å². The summed E-state index contributed by atoms with van der Waals surface area (Å²) in [5, 5.41) is 11.5. The van der Waals surface area contributed by atoms with Crippen molar-refractivity contribution in [1.82, 2.24) is 5.32 Å². The van der Waals surface area contributed by atoms with Gasteiger partial charge in [0.1, 0.15) is 0 Å². The van der Waals surface area contributed by atoms with Crippen molar-refractivity contribution in [2.24, 2.45) is 0 Å². The number of carbonyl (C=O) groups excluding carboxylic acids is 1. The highest BCUT2D eigenvalue weighted by molar-refractivity contribution is 5.89. The van der Waals surface area contributed by atoms with Crippen LogP contribution in [0, 0.1) is 0 Å². The molecule has 1 aromatic carbocycles. The molecule has 1 rings (SSSR count). The van der Waals surface area contributed by atoms with Gasteiger partial charge in [-0.15, -0.1) is 0 Å². The fourth-order valence-corrected chi connectivity index (χ4v) is 1.63. The van der Waals surface area contributed by atoms with E-state index in [4.69, 9.17) is 9.84 Å². The second kappa shape index (κ2) is 9.09. The van der Waals surface area contributed by atoms with Crippen LogP contribution in [0.3, 0.4) is 0 Å². The molecule has 110 valence electrons. The lowest BCUT2D eigenvalue weighted by Crippen LogP contribution is -2.18. The maximum absolute atomic E-state index is 11.8. The third-order valence-electron chi connectivity index (χ3n) is 2.74. The van der Waals surface area contributed by atoms with Gasteiger partial charge in [-0.2, -0.15) is 0 Å². The van der Waals surface area contributed by atoms with E-state index in [2.05, 4.69) is 5.32 Å². The van der Waals surface area contributed by atoms with E-state index in [1.165, 1.54) is 0 Å². The second-order valence-electron chi connectivity index (χ2n) is 4.51. The summed E-state index contributed by atoms with van der Waals surface area (Å²) in [5.41, 5.74) is 1.46. The van der Waals surface area contributed by atoms with E-state index in [1.807, 2.05) is 13.0 Å². The summed E-state index contributed by atoms with van der Waals surface area (Å²) in [4.78, 5) is 22.1. The zero-order valence-corrected chi connectivity index (χ0v) is 11.7. The Kier molecular flexibility index (Phi) is 7.35. The van der Waals surface area contributed by atoms with E-state index in [0.29, 0.717) is 25.3 Å². The topological polar surface area (TPSA) is 75.6 Å².